The molecule has 132 valence electrons. The Morgan fingerprint density at radius 2 is 1.80 bits per heavy atom. The number of carbonyl (C=O) groups is 1. The highest BCUT2D eigenvalue weighted by Gasteiger charge is 2.09. The van der Waals surface area contributed by atoms with Crippen LogP contribution in [0.5, 0.6) is 0 Å². The lowest BCUT2D eigenvalue weighted by Crippen LogP contribution is -2.26. The molecule has 2 aromatic carbocycles. The smallest absolute Gasteiger partial charge is 0.233 e. The Labute approximate surface area is 156 Å². The summed E-state index contributed by atoms with van der Waals surface area (Å²) in [7, 11) is -3.62. The van der Waals surface area contributed by atoms with Crippen molar-refractivity contribution >= 4 is 50.9 Å². The third-order valence-corrected chi connectivity index (χ3v) is 4.75. The van der Waals surface area contributed by atoms with Gasteiger partial charge in [-0.15, -0.1) is 0 Å². The zero-order valence-electron chi connectivity index (χ0n) is 13.1. The van der Waals surface area contributed by atoms with Gasteiger partial charge in [-0.05, 0) is 29.8 Å². The number of hydrogen-bond donors (Lipinski definition) is 2. The van der Waals surface area contributed by atoms with E-state index in [-0.39, 0.29) is 18.9 Å². The summed E-state index contributed by atoms with van der Waals surface area (Å²) in [6.07, 6.45) is 1.45. The minimum atomic E-state index is -3.62. The van der Waals surface area contributed by atoms with Gasteiger partial charge < -0.3 is 5.32 Å². The summed E-state index contributed by atoms with van der Waals surface area (Å²) < 4.78 is 26.1. The molecular weight excluding hydrogens is 383 g/mol. The molecule has 0 radical (unpaired) electrons. The molecule has 2 N–H and O–H groups in total. The number of rotatable bonds is 7. The normalized spacial score (nSPS) is 11.6. The van der Waals surface area contributed by atoms with Gasteiger partial charge >= 0.3 is 0 Å². The van der Waals surface area contributed by atoms with E-state index >= 15 is 0 Å². The fourth-order valence-corrected chi connectivity index (χ4v) is 3.17. The van der Waals surface area contributed by atoms with E-state index < -0.39 is 10.0 Å². The lowest BCUT2D eigenvalue weighted by Gasteiger charge is -2.08. The van der Waals surface area contributed by atoms with Crippen LogP contribution in [0.1, 0.15) is 12.0 Å². The molecule has 0 bridgehead atoms. The lowest BCUT2D eigenvalue weighted by atomic mass is 10.2. The fourth-order valence-electron chi connectivity index (χ4n) is 1.89. The second-order valence-electron chi connectivity index (χ2n) is 5.08. The van der Waals surface area contributed by atoms with E-state index in [9.17, 15) is 13.2 Å². The molecule has 0 saturated heterocycles. The largest absolute Gasteiger partial charge is 0.325 e. The molecule has 8 heteroatoms. The number of benzene rings is 2. The van der Waals surface area contributed by atoms with Crippen LogP contribution in [0.25, 0.3) is 6.08 Å². The number of nitrogens with one attached hydrogen (secondary N) is 2. The molecule has 5 nitrogen and oxygen atoms in total. The molecule has 25 heavy (non-hydrogen) atoms. The maximum Gasteiger partial charge on any atom is 0.233 e. The van der Waals surface area contributed by atoms with Crippen LogP contribution in [-0.4, -0.2) is 20.9 Å². The van der Waals surface area contributed by atoms with Crippen LogP contribution >= 0.6 is 23.2 Å². The van der Waals surface area contributed by atoms with Crippen LogP contribution in [0, 0.1) is 0 Å². The predicted molar refractivity (Wildman–Crippen MR) is 102 cm³/mol. The Balaban J connectivity index is 1.82. The summed E-state index contributed by atoms with van der Waals surface area (Å²) in [6, 6.07) is 13.7. The number of anilines is 1. The van der Waals surface area contributed by atoms with Crippen molar-refractivity contribution in [3.05, 3.63) is 69.5 Å². The van der Waals surface area contributed by atoms with Crippen LogP contribution in [0.4, 0.5) is 5.69 Å². The lowest BCUT2D eigenvalue weighted by molar-refractivity contribution is -0.116. The van der Waals surface area contributed by atoms with Crippen molar-refractivity contribution in [2.45, 2.75) is 6.42 Å². The minimum absolute atomic E-state index is 0.0293. The molecule has 1 amide bonds. The highest BCUT2D eigenvalue weighted by atomic mass is 35.5. The van der Waals surface area contributed by atoms with Crippen LogP contribution in [-0.2, 0) is 14.8 Å². The molecule has 0 aliphatic heterocycles. The number of halogens is 2. The minimum Gasteiger partial charge on any atom is -0.325 e. The Morgan fingerprint density at radius 3 is 2.48 bits per heavy atom. The van der Waals surface area contributed by atoms with Crippen LogP contribution in [0.15, 0.2) is 53.9 Å². The van der Waals surface area contributed by atoms with E-state index in [2.05, 4.69) is 10.0 Å². The third kappa shape index (κ3) is 6.88. The van der Waals surface area contributed by atoms with Crippen molar-refractivity contribution in [3.8, 4) is 0 Å². The summed E-state index contributed by atoms with van der Waals surface area (Å²) in [4.78, 5) is 11.9. The van der Waals surface area contributed by atoms with Crippen LogP contribution in [0.2, 0.25) is 10.0 Å². The standard InChI is InChI=1S/C17H16Cl2N2O3S/c18-14-6-7-16(15(19)12-14)21-17(22)8-10-20-25(23,24)11-9-13-4-2-1-3-5-13/h1-7,9,11-12,20H,8,10H2,(H,21,22). The first kappa shape index (κ1) is 19.5. The van der Waals surface area contributed by atoms with E-state index in [4.69, 9.17) is 23.2 Å². The maximum absolute atomic E-state index is 11.9. The van der Waals surface area contributed by atoms with Gasteiger partial charge in [0.1, 0.15) is 0 Å². The highest BCUT2D eigenvalue weighted by molar-refractivity contribution is 7.92. The molecule has 0 atom stereocenters. The summed E-state index contributed by atoms with van der Waals surface area (Å²) in [5.41, 5.74) is 1.19. The van der Waals surface area contributed by atoms with Crippen molar-refractivity contribution in [3.63, 3.8) is 0 Å². The molecule has 2 aromatic rings. The van der Waals surface area contributed by atoms with Crippen molar-refractivity contribution in [1.29, 1.82) is 0 Å². The van der Waals surface area contributed by atoms with Crippen molar-refractivity contribution in [2.24, 2.45) is 0 Å². The zero-order valence-corrected chi connectivity index (χ0v) is 15.4. The van der Waals surface area contributed by atoms with Gasteiger partial charge in [0.25, 0.3) is 0 Å². The number of hydrogen-bond acceptors (Lipinski definition) is 3. The summed E-state index contributed by atoms with van der Waals surface area (Å²) in [5, 5.41) is 4.44. The van der Waals surface area contributed by atoms with Gasteiger partial charge in [0.15, 0.2) is 0 Å². The van der Waals surface area contributed by atoms with E-state index in [1.165, 1.54) is 12.1 Å². The molecule has 0 aliphatic carbocycles. The van der Waals surface area contributed by atoms with Crippen LogP contribution in [0.3, 0.4) is 0 Å². The van der Waals surface area contributed by atoms with Gasteiger partial charge in [-0.2, -0.15) is 0 Å². The molecule has 0 heterocycles. The zero-order chi connectivity index (χ0) is 18.3. The van der Waals surface area contributed by atoms with Crippen LogP contribution < -0.4 is 10.0 Å². The van der Waals surface area contributed by atoms with Crippen molar-refractivity contribution < 1.29 is 13.2 Å². The van der Waals surface area contributed by atoms with Crippen molar-refractivity contribution in [2.75, 3.05) is 11.9 Å². The van der Waals surface area contributed by atoms with Gasteiger partial charge in [-0.3, -0.25) is 4.79 Å². The van der Waals surface area contributed by atoms with E-state index in [1.54, 1.807) is 24.3 Å². The van der Waals surface area contributed by atoms with Gasteiger partial charge in [-0.25, -0.2) is 13.1 Å². The van der Waals surface area contributed by atoms with E-state index in [1.807, 2.05) is 18.2 Å². The predicted octanol–water partition coefficient (Wildman–Crippen LogP) is 3.91. The fraction of sp³-hybridized carbons (Fsp3) is 0.118. The second-order valence-corrected chi connectivity index (χ2v) is 7.57. The van der Waals surface area contributed by atoms with Gasteiger partial charge in [0.05, 0.1) is 10.7 Å². The number of carbonyl (C=O) groups excluding carboxylic acids is 1. The average Bonchev–Trinajstić information content (AvgIpc) is 2.56. The average molecular weight is 399 g/mol. The molecular formula is C17H16Cl2N2O3S. The Hall–Kier alpha value is -1.86. The summed E-state index contributed by atoms with van der Waals surface area (Å²) in [6.45, 7) is -0.0293. The first-order valence-corrected chi connectivity index (χ1v) is 9.64. The monoisotopic (exact) mass is 398 g/mol. The van der Waals surface area contributed by atoms with Gasteiger partial charge in [0.2, 0.25) is 15.9 Å². The first-order valence-electron chi connectivity index (χ1n) is 7.33. The molecule has 0 aromatic heterocycles. The molecule has 0 aliphatic rings. The molecule has 2 rings (SSSR count). The summed E-state index contributed by atoms with van der Waals surface area (Å²) in [5.74, 6) is -0.362. The molecule has 0 fully saturated rings. The quantitative estimate of drug-likeness (QED) is 0.741. The molecule has 0 unspecified atom stereocenters. The Kier molecular flexibility index (Phi) is 7.01. The van der Waals surface area contributed by atoms with Gasteiger partial charge in [0, 0.05) is 23.4 Å². The maximum atomic E-state index is 11.9. The highest BCUT2D eigenvalue weighted by Crippen LogP contribution is 2.25. The number of amides is 1. The Bertz CT molecular complexity index is 869. The van der Waals surface area contributed by atoms with E-state index in [0.717, 1.165) is 11.0 Å². The van der Waals surface area contributed by atoms with Gasteiger partial charge in [-0.1, -0.05) is 53.5 Å². The second kappa shape index (κ2) is 9.01. The molecule has 0 saturated carbocycles. The summed E-state index contributed by atoms with van der Waals surface area (Å²) >= 11 is 11.7. The SMILES string of the molecule is O=C(CCNS(=O)(=O)C=Cc1ccccc1)Nc1ccc(Cl)cc1Cl. The first-order chi connectivity index (χ1) is 11.9. The number of sulfonamides is 1. The third-order valence-electron chi connectivity index (χ3n) is 3.10. The van der Waals surface area contributed by atoms with E-state index in [0.29, 0.717) is 15.7 Å². The molecule has 0 spiro atoms. The van der Waals surface area contributed by atoms with Crippen molar-refractivity contribution in [1.82, 2.24) is 4.72 Å². The Morgan fingerprint density at radius 1 is 1.08 bits per heavy atom. The topological polar surface area (TPSA) is 75.3 Å².